The summed E-state index contributed by atoms with van der Waals surface area (Å²) >= 11 is 0. The van der Waals surface area contributed by atoms with Crippen LogP contribution < -0.4 is 16.2 Å². The van der Waals surface area contributed by atoms with Gasteiger partial charge in [0.25, 0.3) is 5.91 Å². The number of rotatable bonds is 9. The molecule has 0 fully saturated rings. The molecule has 1 atom stereocenters. The molecule has 4 aromatic rings. The molecular weight excluding hydrogens is 430 g/mol. The van der Waals surface area contributed by atoms with Gasteiger partial charge in [-0.25, -0.2) is 0 Å². The standard InChI is InChI=1S/C27H27N3O4/c31-17-23(21-11-13-24(32)26-22(21)12-14-25(33)30-26)28-15-5-7-18-6-4-10-20(16-18)29-27(34)19-8-2-1-3-9-19/h1-4,6,8-14,16,23,28,31-32H,5,7,15,17H2,(H,29,34)(H,30,33). The molecule has 4 rings (SSSR count). The Labute approximate surface area is 197 Å². The number of anilines is 1. The zero-order valence-electron chi connectivity index (χ0n) is 18.6. The molecule has 7 nitrogen and oxygen atoms in total. The summed E-state index contributed by atoms with van der Waals surface area (Å²) in [6.45, 7) is 0.525. The second-order valence-electron chi connectivity index (χ2n) is 8.10. The van der Waals surface area contributed by atoms with Gasteiger partial charge in [0, 0.05) is 22.7 Å². The molecule has 0 saturated heterocycles. The van der Waals surface area contributed by atoms with E-state index in [0.29, 0.717) is 23.0 Å². The van der Waals surface area contributed by atoms with E-state index in [9.17, 15) is 19.8 Å². The monoisotopic (exact) mass is 457 g/mol. The summed E-state index contributed by atoms with van der Waals surface area (Å²) in [6, 6.07) is 22.9. The minimum atomic E-state index is -0.342. The third-order valence-corrected chi connectivity index (χ3v) is 5.72. The number of carbonyl (C=O) groups is 1. The first-order chi connectivity index (χ1) is 16.5. The second kappa shape index (κ2) is 10.8. The van der Waals surface area contributed by atoms with Gasteiger partial charge in [-0.15, -0.1) is 0 Å². The molecule has 1 unspecified atom stereocenters. The number of fused-ring (bicyclic) bond motifs is 1. The molecule has 5 N–H and O–H groups in total. The van der Waals surface area contributed by atoms with Crippen LogP contribution >= 0.6 is 0 Å². The number of nitrogens with one attached hydrogen (secondary N) is 3. The van der Waals surface area contributed by atoms with Gasteiger partial charge in [0.15, 0.2) is 0 Å². The molecule has 1 heterocycles. The lowest BCUT2D eigenvalue weighted by molar-refractivity contribution is 0.102. The van der Waals surface area contributed by atoms with E-state index in [1.54, 1.807) is 24.3 Å². The van der Waals surface area contributed by atoms with E-state index in [1.807, 2.05) is 42.5 Å². The fraction of sp³-hybridized carbons (Fsp3) is 0.185. The third-order valence-electron chi connectivity index (χ3n) is 5.72. The van der Waals surface area contributed by atoms with Crippen LogP contribution in [-0.2, 0) is 6.42 Å². The molecule has 0 saturated carbocycles. The lowest BCUT2D eigenvalue weighted by Crippen LogP contribution is -2.26. The normalized spacial score (nSPS) is 11.9. The van der Waals surface area contributed by atoms with Gasteiger partial charge in [-0.05, 0) is 66.9 Å². The Morgan fingerprint density at radius 2 is 1.79 bits per heavy atom. The topological polar surface area (TPSA) is 114 Å². The minimum absolute atomic E-state index is 0.00706. The number of aliphatic hydroxyl groups is 1. The molecule has 7 heteroatoms. The number of amides is 1. The van der Waals surface area contributed by atoms with Crippen molar-refractivity contribution in [3.8, 4) is 5.75 Å². The summed E-state index contributed by atoms with van der Waals surface area (Å²) in [4.78, 5) is 26.7. The van der Waals surface area contributed by atoms with Crippen molar-refractivity contribution in [2.24, 2.45) is 0 Å². The highest BCUT2D eigenvalue weighted by Gasteiger charge is 2.15. The van der Waals surface area contributed by atoms with Gasteiger partial charge in [-0.2, -0.15) is 0 Å². The van der Waals surface area contributed by atoms with Gasteiger partial charge >= 0.3 is 0 Å². The number of aromatic nitrogens is 1. The summed E-state index contributed by atoms with van der Waals surface area (Å²) in [7, 11) is 0. The molecule has 0 aliphatic rings. The number of aromatic amines is 1. The van der Waals surface area contributed by atoms with Gasteiger partial charge in [-0.1, -0.05) is 36.4 Å². The lowest BCUT2D eigenvalue weighted by atomic mass is 10.0. The summed E-state index contributed by atoms with van der Waals surface area (Å²) in [5, 5.41) is 27.0. The molecule has 34 heavy (non-hydrogen) atoms. The van der Waals surface area contributed by atoms with Crippen molar-refractivity contribution in [3.05, 3.63) is 106 Å². The van der Waals surface area contributed by atoms with Crippen LogP contribution in [0, 0.1) is 0 Å². The van der Waals surface area contributed by atoms with Crippen LogP contribution in [0.5, 0.6) is 5.75 Å². The number of pyridine rings is 1. The van der Waals surface area contributed by atoms with Crippen LogP contribution in [0.15, 0.2) is 83.7 Å². The highest BCUT2D eigenvalue weighted by molar-refractivity contribution is 6.04. The van der Waals surface area contributed by atoms with E-state index in [1.165, 1.54) is 12.1 Å². The van der Waals surface area contributed by atoms with Crippen molar-refractivity contribution < 1.29 is 15.0 Å². The highest BCUT2D eigenvalue weighted by Crippen LogP contribution is 2.28. The highest BCUT2D eigenvalue weighted by atomic mass is 16.3. The largest absolute Gasteiger partial charge is 0.506 e. The Hall–Kier alpha value is -3.94. The molecule has 0 radical (unpaired) electrons. The number of hydrogen-bond acceptors (Lipinski definition) is 5. The van der Waals surface area contributed by atoms with Crippen LogP contribution in [0.2, 0.25) is 0 Å². The number of aromatic hydroxyl groups is 1. The van der Waals surface area contributed by atoms with E-state index < -0.39 is 0 Å². The zero-order valence-corrected chi connectivity index (χ0v) is 18.6. The Morgan fingerprint density at radius 1 is 0.971 bits per heavy atom. The van der Waals surface area contributed by atoms with Gasteiger partial charge < -0.3 is 25.8 Å². The van der Waals surface area contributed by atoms with E-state index in [2.05, 4.69) is 15.6 Å². The van der Waals surface area contributed by atoms with Gasteiger partial charge in [0.2, 0.25) is 5.56 Å². The van der Waals surface area contributed by atoms with Gasteiger partial charge in [0.1, 0.15) is 5.75 Å². The predicted octanol–water partition coefficient (Wildman–Crippen LogP) is 3.74. The smallest absolute Gasteiger partial charge is 0.255 e. The summed E-state index contributed by atoms with van der Waals surface area (Å²) in [6.07, 6.45) is 1.61. The molecule has 3 aromatic carbocycles. The molecule has 1 amide bonds. The predicted molar refractivity (Wildman–Crippen MR) is 133 cm³/mol. The van der Waals surface area contributed by atoms with E-state index in [0.717, 1.165) is 29.7 Å². The molecule has 0 aliphatic carbocycles. The van der Waals surface area contributed by atoms with Crippen molar-refractivity contribution in [3.63, 3.8) is 0 Å². The van der Waals surface area contributed by atoms with Crippen molar-refractivity contribution in [1.82, 2.24) is 10.3 Å². The zero-order chi connectivity index (χ0) is 23.9. The number of benzene rings is 3. The molecule has 0 bridgehead atoms. The van der Waals surface area contributed by atoms with Gasteiger partial charge in [0.05, 0.1) is 18.2 Å². The third kappa shape index (κ3) is 5.51. The average molecular weight is 458 g/mol. The van der Waals surface area contributed by atoms with Gasteiger partial charge in [-0.3, -0.25) is 9.59 Å². The molecule has 0 spiro atoms. The number of aliphatic hydroxyl groups excluding tert-OH is 1. The fourth-order valence-corrected chi connectivity index (χ4v) is 4.00. The number of hydrogen-bond donors (Lipinski definition) is 5. The molecule has 174 valence electrons. The van der Waals surface area contributed by atoms with E-state index in [-0.39, 0.29) is 29.9 Å². The Balaban J connectivity index is 1.35. The molecule has 0 aliphatic heterocycles. The first kappa shape index (κ1) is 23.2. The molecular formula is C27H27N3O4. The number of aryl methyl sites for hydroxylation is 1. The van der Waals surface area contributed by atoms with Crippen molar-refractivity contribution in [2.45, 2.75) is 18.9 Å². The molecule has 1 aromatic heterocycles. The number of phenolic OH excluding ortho intramolecular Hbond substituents is 1. The first-order valence-corrected chi connectivity index (χ1v) is 11.2. The fourth-order valence-electron chi connectivity index (χ4n) is 4.00. The van der Waals surface area contributed by atoms with Crippen molar-refractivity contribution >= 4 is 22.5 Å². The average Bonchev–Trinajstić information content (AvgIpc) is 2.86. The van der Waals surface area contributed by atoms with Crippen LogP contribution in [-0.4, -0.2) is 34.3 Å². The Morgan fingerprint density at radius 3 is 2.59 bits per heavy atom. The maximum absolute atomic E-state index is 12.4. The van der Waals surface area contributed by atoms with E-state index >= 15 is 0 Å². The number of phenols is 1. The van der Waals surface area contributed by atoms with Crippen molar-refractivity contribution in [1.29, 1.82) is 0 Å². The van der Waals surface area contributed by atoms with E-state index in [4.69, 9.17) is 0 Å². The number of H-pyrrole nitrogens is 1. The summed E-state index contributed by atoms with van der Waals surface area (Å²) in [5.41, 5.74) is 3.32. The lowest BCUT2D eigenvalue weighted by Gasteiger charge is -2.19. The Bertz CT molecular complexity index is 1330. The Kier molecular flexibility index (Phi) is 7.37. The van der Waals surface area contributed by atoms with Crippen LogP contribution in [0.25, 0.3) is 10.9 Å². The summed E-state index contributed by atoms with van der Waals surface area (Å²) in [5.74, 6) is -0.153. The second-order valence-corrected chi connectivity index (χ2v) is 8.10. The minimum Gasteiger partial charge on any atom is -0.506 e. The maximum atomic E-state index is 12.4. The quantitative estimate of drug-likeness (QED) is 0.246. The summed E-state index contributed by atoms with van der Waals surface area (Å²) < 4.78 is 0. The number of carbonyl (C=O) groups excluding carboxylic acids is 1. The SMILES string of the molecule is O=C(Nc1cccc(CCCNC(CO)c2ccc(O)c3[nH]c(=O)ccc23)c1)c1ccccc1. The first-order valence-electron chi connectivity index (χ1n) is 11.2. The van der Waals surface area contributed by atoms with Crippen LogP contribution in [0.3, 0.4) is 0 Å². The maximum Gasteiger partial charge on any atom is 0.255 e. The van der Waals surface area contributed by atoms with Crippen LogP contribution in [0.4, 0.5) is 5.69 Å². The van der Waals surface area contributed by atoms with Crippen molar-refractivity contribution in [2.75, 3.05) is 18.5 Å². The van der Waals surface area contributed by atoms with Crippen LogP contribution in [0.1, 0.15) is 33.9 Å².